The van der Waals surface area contributed by atoms with Crippen LogP contribution in [-0.2, 0) is 14.6 Å². The highest BCUT2D eigenvalue weighted by atomic mass is 32.2. The predicted octanol–water partition coefficient (Wildman–Crippen LogP) is 1.29. The second-order valence-corrected chi connectivity index (χ2v) is 6.44. The summed E-state index contributed by atoms with van der Waals surface area (Å²) in [6, 6.07) is 7.14. The average molecular weight is 282 g/mol. The lowest BCUT2D eigenvalue weighted by atomic mass is 10.2. The van der Waals surface area contributed by atoms with Gasteiger partial charge >= 0.3 is 0 Å². The Balaban J connectivity index is 2.65. The van der Waals surface area contributed by atoms with Crippen molar-refractivity contribution < 1.29 is 13.2 Å². The van der Waals surface area contributed by atoms with Crippen LogP contribution in [0.2, 0.25) is 0 Å². The summed E-state index contributed by atoms with van der Waals surface area (Å²) < 4.78 is 22.9. The summed E-state index contributed by atoms with van der Waals surface area (Å²) in [5.41, 5.74) is 1.57. The molecule has 0 aliphatic heterocycles. The Hall–Kier alpha value is -1.82. The molecule has 0 unspecified atom stereocenters. The summed E-state index contributed by atoms with van der Waals surface area (Å²) in [6.45, 7) is 3.35. The van der Waals surface area contributed by atoms with Gasteiger partial charge in [0.25, 0.3) is 0 Å². The topological polar surface area (TPSA) is 66.5 Å². The first kappa shape index (κ1) is 15.2. The lowest BCUT2D eigenvalue weighted by Crippen LogP contribution is -2.24. The lowest BCUT2D eigenvalue weighted by molar-refractivity contribution is -0.113. The molecule has 0 aromatic heterocycles. The van der Waals surface area contributed by atoms with E-state index in [9.17, 15) is 13.2 Å². The smallest absolute Gasteiger partial charge is 0.239 e. The molecular weight excluding hydrogens is 264 g/mol. The number of rotatable bonds is 6. The van der Waals surface area contributed by atoms with Gasteiger partial charge in [-0.2, -0.15) is 0 Å². The molecule has 5 nitrogen and oxygen atoms in total. The van der Waals surface area contributed by atoms with Crippen molar-refractivity contribution in [1.29, 1.82) is 0 Å². The SMILES string of the molecule is C=CCS(=O)(=O)CC(=O)Nc1ccc(N(C)C)cc1. The number of carbonyl (C=O) groups is 1. The Bertz CT molecular complexity index is 548. The van der Waals surface area contributed by atoms with Gasteiger partial charge in [-0.3, -0.25) is 4.79 Å². The summed E-state index contributed by atoms with van der Waals surface area (Å²) in [5, 5.41) is 2.55. The number of hydrogen-bond acceptors (Lipinski definition) is 4. The van der Waals surface area contributed by atoms with Crippen LogP contribution in [0, 0.1) is 0 Å². The number of nitrogens with one attached hydrogen (secondary N) is 1. The second-order valence-electron chi connectivity index (χ2n) is 4.33. The van der Waals surface area contributed by atoms with Crippen LogP contribution in [0.5, 0.6) is 0 Å². The highest BCUT2D eigenvalue weighted by molar-refractivity contribution is 7.92. The van der Waals surface area contributed by atoms with Crippen LogP contribution in [0.25, 0.3) is 0 Å². The number of benzene rings is 1. The molecule has 19 heavy (non-hydrogen) atoms. The van der Waals surface area contributed by atoms with E-state index in [4.69, 9.17) is 0 Å². The van der Waals surface area contributed by atoms with Crippen molar-refractivity contribution >= 4 is 27.1 Å². The maximum atomic E-state index is 11.6. The third-order valence-corrected chi connectivity index (χ3v) is 3.84. The fraction of sp³-hybridized carbons (Fsp3) is 0.308. The minimum Gasteiger partial charge on any atom is -0.378 e. The van der Waals surface area contributed by atoms with Gasteiger partial charge in [-0.15, -0.1) is 6.58 Å². The van der Waals surface area contributed by atoms with Gasteiger partial charge in [0.15, 0.2) is 9.84 Å². The van der Waals surface area contributed by atoms with Gasteiger partial charge < -0.3 is 10.2 Å². The Morgan fingerprint density at radius 2 is 1.89 bits per heavy atom. The third-order valence-electron chi connectivity index (χ3n) is 2.39. The molecule has 0 aliphatic carbocycles. The third kappa shape index (κ3) is 5.13. The van der Waals surface area contributed by atoms with Gasteiger partial charge in [-0.05, 0) is 24.3 Å². The minimum atomic E-state index is -3.41. The summed E-state index contributed by atoms with van der Waals surface area (Å²) in [5.74, 6) is -1.27. The summed E-state index contributed by atoms with van der Waals surface area (Å²) in [4.78, 5) is 13.5. The highest BCUT2D eigenvalue weighted by Crippen LogP contribution is 2.15. The molecular formula is C13H18N2O3S. The van der Waals surface area contributed by atoms with E-state index in [0.717, 1.165) is 5.69 Å². The Morgan fingerprint density at radius 1 is 1.32 bits per heavy atom. The van der Waals surface area contributed by atoms with E-state index in [1.807, 2.05) is 31.1 Å². The van der Waals surface area contributed by atoms with Crippen molar-refractivity contribution in [2.24, 2.45) is 0 Å². The number of anilines is 2. The Kier molecular flexibility index (Phi) is 5.11. The molecule has 1 aromatic carbocycles. The van der Waals surface area contributed by atoms with E-state index >= 15 is 0 Å². The van der Waals surface area contributed by atoms with Crippen LogP contribution in [0.15, 0.2) is 36.9 Å². The molecule has 1 aromatic rings. The van der Waals surface area contributed by atoms with Gasteiger partial charge in [0.2, 0.25) is 5.91 Å². The van der Waals surface area contributed by atoms with Crippen molar-refractivity contribution in [3.05, 3.63) is 36.9 Å². The van der Waals surface area contributed by atoms with Gasteiger partial charge in [0.1, 0.15) is 5.75 Å². The number of sulfone groups is 1. The Labute approximate surface area is 113 Å². The highest BCUT2D eigenvalue weighted by Gasteiger charge is 2.14. The zero-order valence-electron chi connectivity index (χ0n) is 11.1. The van der Waals surface area contributed by atoms with Crippen molar-refractivity contribution in [3.63, 3.8) is 0 Å². The maximum Gasteiger partial charge on any atom is 0.239 e. The van der Waals surface area contributed by atoms with Crippen LogP contribution < -0.4 is 10.2 Å². The molecule has 104 valence electrons. The second kappa shape index (κ2) is 6.38. The molecule has 1 amide bonds. The zero-order valence-corrected chi connectivity index (χ0v) is 11.9. The first-order chi connectivity index (χ1) is 8.84. The molecule has 1 rings (SSSR count). The zero-order chi connectivity index (χ0) is 14.5. The molecule has 0 bridgehead atoms. The van der Waals surface area contributed by atoms with Crippen LogP contribution in [0.3, 0.4) is 0 Å². The molecule has 6 heteroatoms. The molecule has 0 fully saturated rings. The van der Waals surface area contributed by atoms with Gasteiger partial charge in [0, 0.05) is 25.5 Å². The van der Waals surface area contributed by atoms with E-state index in [1.54, 1.807) is 12.1 Å². The van der Waals surface area contributed by atoms with Crippen molar-refractivity contribution in [3.8, 4) is 0 Å². The monoisotopic (exact) mass is 282 g/mol. The molecule has 0 aliphatic rings. The standard InChI is InChI=1S/C13H18N2O3S/c1-4-9-19(17,18)10-13(16)14-11-5-7-12(8-6-11)15(2)3/h4-8H,1,9-10H2,2-3H3,(H,14,16). The van der Waals surface area contributed by atoms with E-state index in [0.29, 0.717) is 5.69 Å². The predicted molar refractivity (Wildman–Crippen MR) is 78.2 cm³/mol. The van der Waals surface area contributed by atoms with E-state index in [-0.39, 0.29) is 5.75 Å². The summed E-state index contributed by atoms with van der Waals surface area (Å²) >= 11 is 0. The molecule has 0 atom stereocenters. The van der Waals surface area contributed by atoms with Crippen LogP contribution in [-0.4, -0.2) is 39.9 Å². The fourth-order valence-corrected chi connectivity index (χ4v) is 2.43. The molecule has 1 N–H and O–H groups in total. The van der Waals surface area contributed by atoms with Gasteiger partial charge in [0.05, 0.1) is 5.75 Å². The van der Waals surface area contributed by atoms with Crippen molar-refractivity contribution in [1.82, 2.24) is 0 Å². The molecule has 0 spiro atoms. The first-order valence-electron chi connectivity index (χ1n) is 5.72. The average Bonchev–Trinajstić information content (AvgIpc) is 2.28. The molecule has 0 saturated heterocycles. The van der Waals surface area contributed by atoms with E-state index in [1.165, 1.54) is 6.08 Å². The van der Waals surface area contributed by atoms with Gasteiger partial charge in [-0.25, -0.2) is 8.42 Å². The number of nitrogens with zero attached hydrogens (tertiary/aromatic N) is 1. The summed E-state index contributed by atoms with van der Waals surface area (Å²) in [7, 11) is 0.413. The largest absolute Gasteiger partial charge is 0.378 e. The van der Waals surface area contributed by atoms with Crippen molar-refractivity contribution in [2.75, 3.05) is 35.8 Å². The lowest BCUT2D eigenvalue weighted by Gasteiger charge is -2.13. The van der Waals surface area contributed by atoms with E-state index in [2.05, 4.69) is 11.9 Å². The summed E-state index contributed by atoms with van der Waals surface area (Å²) in [6.07, 6.45) is 1.27. The quantitative estimate of drug-likeness (QED) is 0.798. The minimum absolute atomic E-state index is 0.194. The van der Waals surface area contributed by atoms with Gasteiger partial charge in [-0.1, -0.05) is 6.08 Å². The number of amides is 1. The molecule has 0 radical (unpaired) electrons. The molecule has 0 saturated carbocycles. The van der Waals surface area contributed by atoms with Crippen LogP contribution in [0.1, 0.15) is 0 Å². The molecule has 0 heterocycles. The normalized spacial score (nSPS) is 10.8. The van der Waals surface area contributed by atoms with E-state index < -0.39 is 21.5 Å². The van der Waals surface area contributed by atoms with Crippen molar-refractivity contribution in [2.45, 2.75) is 0 Å². The Morgan fingerprint density at radius 3 is 2.37 bits per heavy atom. The fourth-order valence-electron chi connectivity index (χ4n) is 1.48. The number of carbonyl (C=O) groups excluding carboxylic acids is 1. The number of hydrogen-bond donors (Lipinski definition) is 1. The van der Waals surface area contributed by atoms with Crippen LogP contribution in [0.4, 0.5) is 11.4 Å². The van der Waals surface area contributed by atoms with Crippen LogP contribution >= 0.6 is 0 Å². The first-order valence-corrected chi connectivity index (χ1v) is 7.55. The maximum absolute atomic E-state index is 11.6.